The first kappa shape index (κ1) is 12.6. The lowest BCUT2D eigenvalue weighted by molar-refractivity contribution is 0.457. The Hall–Kier alpha value is -2.39. The van der Waals surface area contributed by atoms with Gasteiger partial charge in [0.2, 0.25) is 5.88 Å². The lowest BCUT2D eigenvalue weighted by Gasteiger charge is -2.13. The summed E-state index contributed by atoms with van der Waals surface area (Å²) in [5.41, 5.74) is 6.86. The smallest absolute Gasteiger partial charge is 0.224 e. The van der Waals surface area contributed by atoms with Crippen molar-refractivity contribution in [3.63, 3.8) is 0 Å². The van der Waals surface area contributed by atoms with Crippen LogP contribution in [0.25, 0.3) is 10.8 Å². The molecule has 2 N–H and O–H groups in total. The predicted octanol–water partition coefficient (Wildman–Crippen LogP) is 4.05. The minimum Gasteiger partial charge on any atom is -0.438 e. The summed E-state index contributed by atoms with van der Waals surface area (Å²) in [6.07, 6.45) is 1.71. The van der Waals surface area contributed by atoms with Crippen LogP contribution in [0.2, 0.25) is 0 Å². The fourth-order valence-electron chi connectivity index (χ4n) is 2.22. The molecule has 0 saturated carbocycles. The molecule has 0 aliphatic rings. The van der Waals surface area contributed by atoms with Gasteiger partial charge in [-0.1, -0.05) is 42.5 Å². The normalized spacial score (nSPS) is 12.3. The highest BCUT2D eigenvalue weighted by molar-refractivity contribution is 5.88. The van der Waals surface area contributed by atoms with E-state index in [1.807, 2.05) is 49.4 Å². The Morgan fingerprint density at radius 3 is 2.65 bits per heavy atom. The van der Waals surface area contributed by atoms with Crippen LogP contribution in [0.1, 0.15) is 18.5 Å². The second kappa shape index (κ2) is 5.31. The molecule has 0 spiro atoms. The van der Waals surface area contributed by atoms with Gasteiger partial charge in [-0.15, -0.1) is 0 Å². The van der Waals surface area contributed by atoms with Gasteiger partial charge in [0.1, 0.15) is 5.75 Å². The maximum atomic E-state index is 5.99. The van der Waals surface area contributed by atoms with Crippen LogP contribution in [0.3, 0.4) is 0 Å². The number of hydrogen-bond donors (Lipinski definition) is 1. The quantitative estimate of drug-likeness (QED) is 0.776. The van der Waals surface area contributed by atoms with Crippen LogP contribution in [0.5, 0.6) is 11.6 Å². The number of fused-ring (bicyclic) bond motifs is 1. The van der Waals surface area contributed by atoms with Gasteiger partial charge in [-0.25, -0.2) is 4.98 Å². The third kappa shape index (κ3) is 2.36. The summed E-state index contributed by atoms with van der Waals surface area (Å²) >= 11 is 0. The topological polar surface area (TPSA) is 48.1 Å². The van der Waals surface area contributed by atoms with Crippen LogP contribution in [-0.2, 0) is 0 Å². The van der Waals surface area contributed by atoms with Crippen molar-refractivity contribution >= 4 is 10.8 Å². The highest BCUT2D eigenvalue weighted by Crippen LogP contribution is 2.31. The SMILES string of the molecule is CC(N)c1cccnc1Oc1cccc2ccccc12. The fourth-order valence-corrected chi connectivity index (χ4v) is 2.22. The van der Waals surface area contributed by atoms with Gasteiger partial charge in [0.25, 0.3) is 0 Å². The zero-order chi connectivity index (χ0) is 13.9. The first-order chi connectivity index (χ1) is 9.75. The Bertz CT molecular complexity index is 732. The number of nitrogens with two attached hydrogens (primary N) is 1. The van der Waals surface area contributed by atoms with Crippen molar-refractivity contribution in [2.45, 2.75) is 13.0 Å². The van der Waals surface area contributed by atoms with Gasteiger partial charge in [-0.3, -0.25) is 0 Å². The van der Waals surface area contributed by atoms with Gasteiger partial charge < -0.3 is 10.5 Å². The van der Waals surface area contributed by atoms with Gasteiger partial charge >= 0.3 is 0 Å². The molecule has 100 valence electrons. The molecule has 3 nitrogen and oxygen atoms in total. The van der Waals surface area contributed by atoms with E-state index in [-0.39, 0.29) is 6.04 Å². The van der Waals surface area contributed by atoms with Gasteiger partial charge in [0.05, 0.1) is 0 Å². The van der Waals surface area contributed by atoms with E-state index in [4.69, 9.17) is 10.5 Å². The van der Waals surface area contributed by atoms with E-state index >= 15 is 0 Å². The largest absolute Gasteiger partial charge is 0.438 e. The van der Waals surface area contributed by atoms with Gasteiger partial charge in [0, 0.05) is 23.2 Å². The third-order valence-electron chi connectivity index (χ3n) is 3.25. The fraction of sp³-hybridized carbons (Fsp3) is 0.118. The van der Waals surface area contributed by atoms with Gasteiger partial charge in [0.15, 0.2) is 0 Å². The highest BCUT2D eigenvalue weighted by atomic mass is 16.5. The van der Waals surface area contributed by atoms with Crippen molar-refractivity contribution in [3.05, 3.63) is 66.4 Å². The van der Waals surface area contributed by atoms with Crippen LogP contribution < -0.4 is 10.5 Å². The van der Waals surface area contributed by atoms with E-state index in [2.05, 4.69) is 17.1 Å². The molecule has 0 aliphatic carbocycles. The van der Waals surface area contributed by atoms with Crippen molar-refractivity contribution < 1.29 is 4.74 Å². The Morgan fingerprint density at radius 1 is 1.00 bits per heavy atom. The van der Waals surface area contributed by atoms with Gasteiger partial charge in [-0.2, -0.15) is 0 Å². The number of pyridine rings is 1. The van der Waals surface area contributed by atoms with Crippen LogP contribution in [0, 0.1) is 0 Å². The Morgan fingerprint density at radius 2 is 1.80 bits per heavy atom. The van der Waals surface area contributed by atoms with E-state index in [0.717, 1.165) is 22.1 Å². The summed E-state index contributed by atoms with van der Waals surface area (Å²) in [7, 11) is 0. The Kier molecular flexibility index (Phi) is 3.35. The molecule has 3 aromatic rings. The zero-order valence-corrected chi connectivity index (χ0v) is 11.3. The van der Waals surface area contributed by atoms with E-state index in [1.54, 1.807) is 6.20 Å². The first-order valence-corrected chi connectivity index (χ1v) is 6.62. The second-order valence-corrected chi connectivity index (χ2v) is 4.77. The number of benzene rings is 2. The average Bonchev–Trinajstić information content (AvgIpc) is 2.48. The second-order valence-electron chi connectivity index (χ2n) is 4.77. The molecule has 1 unspecified atom stereocenters. The van der Waals surface area contributed by atoms with E-state index < -0.39 is 0 Å². The molecule has 0 radical (unpaired) electrons. The molecule has 0 bridgehead atoms. The van der Waals surface area contributed by atoms with Crippen LogP contribution >= 0.6 is 0 Å². The number of rotatable bonds is 3. The maximum absolute atomic E-state index is 5.99. The predicted molar refractivity (Wildman–Crippen MR) is 80.9 cm³/mol. The molecule has 1 heterocycles. The molecular formula is C17H16N2O. The number of hydrogen-bond acceptors (Lipinski definition) is 3. The zero-order valence-electron chi connectivity index (χ0n) is 11.3. The minimum atomic E-state index is -0.117. The average molecular weight is 264 g/mol. The Balaban J connectivity index is 2.06. The molecule has 2 aromatic carbocycles. The summed E-state index contributed by atoms with van der Waals surface area (Å²) < 4.78 is 5.99. The third-order valence-corrected chi connectivity index (χ3v) is 3.25. The summed E-state index contributed by atoms with van der Waals surface area (Å²) in [5, 5.41) is 2.21. The van der Waals surface area contributed by atoms with E-state index in [1.165, 1.54) is 0 Å². The van der Waals surface area contributed by atoms with E-state index in [9.17, 15) is 0 Å². The summed E-state index contributed by atoms with van der Waals surface area (Å²) in [4.78, 5) is 4.30. The number of aromatic nitrogens is 1. The monoisotopic (exact) mass is 264 g/mol. The molecule has 1 atom stereocenters. The standard InChI is InChI=1S/C17H16N2O/c1-12(18)14-9-5-11-19-17(14)20-16-10-4-7-13-6-2-3-8-15(13)16/h2-12H,18H2,1H3. The van der Waals surface area contributed by atoms with Crippen molar-refractivity contribution in [1.82, 2.24) is 4.98 Å². The maximum Gasteiger partial charge on any atom is 0.224 e. The lowest BCUT2D eigenvalue weighted by Crippen LogP contribution is -2.07. The van der Waals surface area contributed by atoms with Crippen LogP contribution in [0.4, 0.5) is 0 Å². The van der Waals surface area contributed by atoms with Gasteiger partial charge in [-0.05, 0) is 24.4 Å². The first-order valence-electron chi connectivity index (χ1n) is 6.62. The van der Waals surface area contributed by atoms with Crippen molar-refractivity contribution in [2.75, 3.05) is 0 Å². The van der Waals surface area contributed by atoms with Crippen molar-refractivity contribution in [1.29, 1.82) is 0 Å². The molecule has 3 rings (SSSR count). The van der Waals surface area contributed by atoms with Crippen LogP contribution in [-0.4, -0.2) is 4.98 Å². The molecule has 0 saturated heterocycles. The summed E-state index contributed by atoms with van der Waals surface area (Å²) in [6.45, 7) is 1.92. The summed E-state index contributed by atoms with van der Waals surface area (Å²) in [5.74, 6) is 1.36. The summed E-state index contributed by atoms with van der Waals surface area (Å²) in [6, 6.07) is 17.8. The Labute approximate surface area is 118 Å². The molecule has 0 aliphatic heterocycles. The number of ether oxygens (including phenoxy) is 1. The lowest BCUT2D eigenvalue weighted by atomic mass is 10.1. The molecule has 0 amide bonds. The molecule has 0 fully saturated rings. The molecule has 3 heteroatoms. The van der Waals surface area contributed by atoms with Crippen LogP contribution in [0.15, 0.2) is 60.8 Å². The number of nitrogens with zero attached hydrogens (tertiary/aromatic N) is 1. The molecule has 20 heavy (non-hydrogen) atoms. The molecule has 1 aromatic heterocycles. The minimum absolute atomic E-state index is 0.117. The van der Waals surface area contributed by atoms with Crippen molar-refractivity contribution in [2.24, 2.45) is 5.73 Å². The molecular weight excluding hydrogens is 248 g/mol. The van der Waals surface area contributed by atoms with Crippen molar-refractivity contribution in [3.8, 4) is 11.6 Å². The highest BCUT2D eigenvalue weighted by Gasteiger charge is 2.11. The van der Waals surface area contributed by atoms with E-state index in [0.29, 0.717) is 5.88 Å².